The van der Waals surface area contributed by atoms with Gasteiger partial charge in [0.2, 0.25) is 5.91 Å². The molecule has 0 aromatic carbocycles. The number of nitrogens with two attached hydrogens (primary N) is 1. The number of amides is 1. The molecule has 0 aliphatic carbocycles. The number of fused-ring (bicyclic) bond motifs is 1. The molecule has 4 heterocycles. The Hall–Kier alpha value is -1.39. The summed E-state index contributed by atoms with van der Waals surface area (Å²) in [6.07, 6.45) is 0.125. The van der Waals surface area contributed by atoms with Crippen LogP contribution in [0.3, 0.4) is 0 Å². The SMILES string of the molecule is C[C@@H](O)[C@H]1C(=O)N2C(C(=O)O)=C(S[C@@H]3CN[C@H](c4ccc(CN)s4)C3)[C@H](C)[C@H]12. The van der Waals surface area contributed by atoms with Crippen molar-refractivity contribution in [3.05, 3.63) is 32.5 Å². The predicted molar refractivity (Wildman–Crippen MR) is 109 cm³/mol. The molecule has 7 nitrogen and oxygen atoms in total. The van der Waals surface area contributed by atoms with E-state index < -0.39 is 18.0 Å². The molecule has 1 aromatic heterocycles. The first-order chi connectivity index (χ1) is 13.3. The Morgan fingerprint density at radius 1 is 1.50 bits per heavy atom. The molecule has 2 saturated heterocycles. The van der Waals surface area contributed by atoms with Crippen LogP contribution in [0.2, 0.25) is 0 Å². The molecule has 28 heavy (non-hydrogen) atoms. The van der Waals surface area contributed by atoms with Crippen LogP contribution in [0, 0.1) is 11.8 Å². The van der Waals surface area contributed by atoms with E-state index in [-0.39, 0.29) is 34.9 Å². The monoisotopic (exact) mass is 423 g/mol. The van der Waals surface area contributed by atoms with Crippen LogP contribution >= 0.6 is 23.1 Å². The number of aliphatic hydroxyl groups excluding tert-OH is 1. The van der Waals surface area contributed by atoms with Crippen molar-refractivity contribution < 1.29 is 19.8 Å². The highest BCUT2D eigenvalue weighted by Gasteiger charge is 2.60. The van der Waals surface area contributed by atoms with E-state index in [0.29, 0.717) is 6.54 Å². The van der Waals surface area contributed by atoms with Crippen LogP contribution in [0.1, 0.15) is 36.1 Å². The number of nitrogens with one attached hydrogen (secondary N) is 1. The summed E-state index contributed by atoms with van der Waals surface area (Å²) in [4.78, 5) is 28.9. The fourth-order valence-corrected chi connectivity index (χ4v) is 7.02. The number of carbonyl (C=O) groups excluding carboxylic acids is 1. The number of carboxylic acid groups (broad SMARTS) is 1. The molecule has 4 rings (SSSR count). The molecule has 3 aliphatic rings. The number of β-lactam (4-membered cyclic amide) rings is 1. The fraction of sp³-hybridized carbons (Fsp3) is 0.579. The van der Waals surface area contributed by atoms with Crippen molar-refractivity contribution in [1.29, 1.82) is 0 Å². The van der Waals surface area contributed by atoms with Crippen molar-refractivity contribution in [3.8, 4) is 0 Å². The van der Waals surface area contributed by atoms with Gasteiger partial charge in [-0.2, -0.15) is 0 Å². The van der Waals surface area contributed by atoms with E-state index in [1.807, 2.05) is 6.92 Å². The van der Waals surface area contributed by atoms with E-state index in [4.69, 9.17) is 5.73 Å². The minimum absolute atomic E-state index is 0.0852. The van der Waals surface area contributed by atoms with Crippen molar-refractivity contribution in [3.63, 3.8) is 0 Å². The fourth-order valence-electron chi connectivity index (χ4n) is 4.56. The predicted octanol–water partition coefficient (Wildman–Crippen LogP) is 1.50. The average molecular weight is 424 g/mol. The van der Waals surface area contributed by atoms with E-state index >= 15 is 0 Å². The molecular weight excluding hydrogens is 398 g/mol. The number of hydrogen-bond acceptors (Lipinski definition) is 7. The van der Waals surface area contributed by atoms with Gasteiger partial charge in [0.1, 0.15) is 5.70 Å². The molecule has 152 valence electrons. The maximum Gasteiger partial charge on any atom is 0.353 e. The lowest BCUT2D eigenvalue weighted by molar-refractivity contribution is -0.163. The Morgan fingerprint density at radius 2 is 2.25 bits per heavy atom. The van der Waals surface area contributed by atoms with Crippen molar-refractivity contribution in [2.45, 2.75) is 50.3 Å². The van der Waals surface area contributed by atoms with E-state index in [9.17, 15) is 19.8 Å². The number of thioether (sulfide) groups is 1. The summed E-state index contributed by atoms with van der Waals surface area (Å²) in [7, 11) is 0. The number of aliphatic carboxylic acids is 1. The summed E-state index contributed by atoms with van der Waals surface area (Å²) in [6, 6.07) is 4.15. The maximum atomic E-state index is 12.4. The van der Waals surface area contributed by atoms with E-state index in [1.54, 1.807) is 30.0 Å². The third-order valence-corrected chi connectivity index (χ3v) is 8.66. The van der Waals surface area contributed by atoms with Gasteiger partial charge in [0.15, 0.2) is 0 Å². The third-order valence-electron chi connectivity index (χ3n) is 5.92. The number of nitrogens with zero attached hydrogens (tertiary/aromatic N) is 1. The number of thiophene rings is 1. The molecule has 1 aromatic rings. The molecule has 1 amide bonds. The lowest BCUT2D eigenvalue weighted by Crippen LogP contribution is -2.63. The summed E-state index contributed by atoms with van der Waals surface area (Å²) < 4.78 is 0. The van der Waals surface area contributed by atoms with E-state index in [1.165, 1.54) is 9.78 Å². The van der Waals surface area contributed by atoms with Crippen molar-refractivity contribution in [1.82, 2.24) is 10.2 Å². The van der Waals surface area contributed by atoms with Gasteiger partial charge >= 0.3 is 5.97 Å². The van der Waals surface area contributed by atoms with Crippen LogP contribution in [-0.2, 0) is 16.1 Å². The molecule has 5 N–H and O–H groups in total. The largest absolute Gasteiger partial charge is 0.477 e. The van der Waals surface area contributed by atoms with Gasteiger partial charge in [-0.3, -0.25) is 4.79 Å². The normalized spacial score (nSPS) is 33.2. The lowest BCUT2D eigenvalue weighted by Gasteiger charge is -2.46. The molecule has 0 bridgehead atoms. The highest BCUT2D eigenvalue weighted by Crippen LogP contribution is 2.52. The Kier molecular flexibility index (Phi) is 5.30. The van der Waals surface area contributed by atoms with Gasteiger partial charge in [0.05, 0.1) is 18.1 Å². The number of hydrogen-bond donors (Lipinski definition) is 4. The molecule has 0 spiro atoms. The zero-order valence-corrected chi connectivity index (χ0v) is 17.4. The standard InChI is InChI=1S/C19H25N3O4S2/c1-8-15-14(9(2)23)18(24)22(15)16(19(25)26)17(8)28-11-5-12(21-7-11)13-4-3-10(6-20)27-13/h3-4,8-9,11-12,14-15,21,23H,5-7,20H2,1-2H3,(H,25,26)/t8-,9-,11+,12+,14-,15-/m1/s1. The van der Waals surface area contributed by atoms with Crippen molar-refractivity contribution >= 4 is 35.0 Å². The first kappa shape index (κ1) is 19.9. The maximum absolute atomic E-state index is 12.4. The number of carbonyl (C=O) groups is 2. The Balaban J connectivity index is 1.51. The second-order valence-electron chi connectivity index (χ2n) is 7.72. The van der Waals surface area contributed by atoms with Crippen molar-refractivity contribution in [2.24, 2.45) is 17.6 Å². The van der Waals surface area contributed by atoms with Crippen LogP contribution < -0.4 is 11.1 Å². The van der Waals surface area contributed by atoms with Gasteiger partial charge < -0.3 is 26.2 Å². The Morgan fingerprint density at radius 3 is 2.86 bits per heavy atom. The minimum atomic E-state index is -1.07. The van der Waals surface area contributed by atoms with Crippen LogP contribution in [0.5, 0.6) is 0 Å². The zero-order chi connectivity index (χ0) is 20.2. The smallest absolute Gasteiger partial charge is 0.353 e. The van der Waals surface area contributed by atoms with Crippen molar-refractivity contribution in [2.75, 3.05) is 6.54 Å². The topological polar surface area (TPSA) is 116 Å². The van der Waals surface area contributed by atoms with Gasteiger partial charge in [0, 0.05) is 45.0 Å². The highest BCUT2D eigenvalue weighted by molar-refractivity contribution is 8.03. The van der Waals surface area contributed by atoms with E-state index in [0.717, 1.165) is 22.7 Å². The van der Waals surface area contributed by atoms with Gasteiger partial charge in [-0.1, -0.05) is 6.92 Å². The number of aliphatic hydroxyl groups is 1. The molecule has 0 radical (unpaired) electrons. The molecular formula is C19H25N3O4S2. The van der Waals surface area contributed by atoms with Crippen LogP contribution in [0.25, 0.3) is 0 Å². The number of carboxylic acids is 1. The average Bonchev–Trinajstić information content (AvgIpc) is 3.33. The summed E-state index contributed by atoms with van der Waals surface area (Å²) in [6.45, 7) is 4.88. The van der Waals surface area contributed by atoms with Gasteiger partial charge in [-0.25, -0.2) is 4.79 Å². The summed E-state index contributed by atoms with van der Waals surface area (Å²) >= 11 is 3.29. The highest BCUT2D eigenvalue weighted by atomic mass is 32.2. The second kappa shape index (κ2) is 7.46. The Bertz CT molecular complexity index is 837. The molecule has 6 atom stereocenters. The first-order valence-electron chi connectivity index (χ1n) is 9.50. The van der Waals surface area contributed by atoms with Crippen LogP contribution in [0.4, 0.5) is 0 Å². The quantitative estimate of drug-likeness (QED) is 0.512. The second-order valence-corrected chi connectivity index (χ2v) is 10.3. The summed E-state index contributed by atoms with van der Waals surface area (Å²) in [5.41, 5.74) is 5.81. The lowest BCUT2D eigenvalue weighted by atomic mass is 9.79. The third kappa shape index (κ3) is 3.09. The molecule has 3 aliphatic heterocycles. The van der Waals surface area contributed by atoms with Gasteiger partial charge in [-0.15, -0.1) is 23.1 Å². The summed E-state index contributed by atoms with van der Waals surface area (Å²) in [5, 5.41) is 23.5. The zero-order valence-electron chi connectivity index (χ0n) is 15.8. The first-order valence-corrected chi connectivity index (χ1v) is 11.2. The molecule has 9 heteroatoms. The molecule has 2 fully saturated rings. The Labute approximate surface area is 172 Å². The van der Waals surface area contributed by atoms with Gasteiger partial charge in [-0.05, 0) is 25.5 Å². The molecule has 0 unspecified atom stereocenters. The number of rotatable bonds is 6. The molecule has 0 saturated carbocycles. The summed E-state index contributed by atoms with van der Waals surface area (Å²) in [5.74, 6) is -1.95. The van der Waals surface area contributed by atoms with Gasteiger partial charge in [0.25, 0.3) is 0 Å². The van der Waals surface area contributed by atoms with Crippen LogP contribution in [-0.4, -0.2) is 50.9 Å². The minimum Gasteiger partial charge on any atom is -0.477 e. The van der Waals surface area contributed by atoms with E-state index in [2.05, 4.69) is 17.4 Å². The van der Waals surface area contributed by atoms with Crippen LogP contribution in [0.15, 0.2) is 22.7 Å².